The van der Waals surface area contributed by atoms with Gasteiger partial charge in [-0.25, -0.2) is 43.9 Å². The number of hydrogen-bond acceptors (Lipinski definition) is 13. The number of benzene rings is 3. The number of fused-ring (bicyclic) bond motifs is 1. The minimum absolute atomic E-state index is 0.108. The fourth-order valence-electron chi connectivity index (χ4n) is 8.87. The van der Waals surface area contributed by atoms with E-state index < -0.39 is 195 Å². The van der Waals surface area contributed by atoms with Crippen molar-refractivity contribution in [1.82, 2.24) is 47.2 Å². The van der Waals surface area contributed by atoms with Crippen LogP contribution in [0.4, 0.5) is 43.9 Å². The summed E-state index contributed by atoms with van der Waals surface area (Å²) in [6.07, 6.45) is 1.35. The first-order valence-electron chi connectivity index (χ1n) is 26.3. The molecule has 0 saturated carbocycles. The van der Waals surface area contributed by atoms with Crippen molar-refractivity contribution in [3.05, 3.63) is 135 Å². The Labute approximate surface area is 491 Å². The minimum Gasteiger partial charge on any atom is -0.368 e. The SMILES string of the molecule is CC(C)C1NC(=O)[C@H](CCCCN)NC(=O)C(Cc2c[nH]c3ccccc23)NC(=O)[C@H](Cc2cccnc2)NC(=O)C(NC(=O)[C@@H](N)Cc2c(F)c(F)c(F)c(F)c2F)CSSCC(C(=O)N[C@@H](Cc2c(F)c(F)c(F)c(F)c2F)C(N)=O)NC1=O. The first-order chi connectivity index (χ1) is 40.7. The zero-order valence-corrected chi connectivity index (χ0v) is 47.1. The van der Waals surface area contributed by atoms with Gasteiger partial charge in [-0.15, -0.1) is 0 Å². The zero-order valence-electron chi connectivity index (χ0n) is 45.5. The molecule has 3 heterocycles. The predicted molar refractivity (Wildman–Crippen MR) is 293 cm³/mol. The summed E-state index contributed by atoms with van der Waals surface area (Å²) in [6, 6.07) is -4.62. The second-order valence-corrected chi connectivity index (χ2v) is 22.6. The molecule has 2 aromatic heterocycles. The van der Waals surface area contributed by atoms with Crippen LogP contribution in [-0.2, 0) is 64.0 Å². The van der Waals surface area contributed by atoms with Crippen LogP contribution >= 0.6 is 21.6 Å². The summed E-state index contributed by atoms with van der Waals surface area (Å²) in [7, 11) is 1.24. The van der Waals surface area contributed by atoms with Gasteiger partial charge in [0.25, 0.3) is 0 Å². The molecule has 14 N–H and O–H groups in total. The van der Waals surface area contributed by atoms with E-state index in [-0.39, 0.29) is 32.2 Å². The van der Waals surface area contributed by atoms with E-state index >= 15 is 0 Å². The summed E-state index contributed by atoms with van der Waals surface area (Å²) in [5.74, 6) is -35.7. The summed E-state index contributed by atoms with van der Waals surface area (Å²) < 4.78 is 144. The minimum atomic E-state index is -2.54. The Morgan fingerprint density at radius 1 is 0.651 bits per heavy atom. The molecule has 0 aliphatic carbocycles. The van der Waals surface area contributed by atoms with Gasteiger partial charge in [-0.1, -0.05) is 59.7 Å². The number of H-pyrrole nitrogens is 1. The standard InChI is InChI=1S/C54H58F10N12O8S2/c1-22(2)46-54(84)75-35(52(82)71-31(47(67)77)17-27-38(57)42(61)45(64)43(62)39(27)58)21-86-85-20-34(74-48(78)28(66)16-26-36(55)40(59)44(63)41(60)37(26)56)53(83)72-32(14-23-8-7-13-68-18-23)50(80)73-33(15-24-19-69-29-10-4-3-9-25(24)29)51(81)70-30(49(79)76-46)11-5-6-12-65/h3-4,7-10,13,18-19,22,28,30-35,46,69H,5-6,11-12,14-17,20-21,65-66H2,1-2H3,(H2,67,77)(H,70,81)(H,71,82)(H,72,83)(H,73,80)(H,74,78)(H,75,84)(H,76,79)/t28-,30-,31-,32-,33?,34?,35?,46?/m0/s1. The fourth-order valence-corrected chi connectivity index (χ4v) is 11.2. The highest BCUT2D eigenvalue weighted by molar-refractivity contribution is 8.76. The van der Waals surface area contributed by atoms with Gasteiger partial charge in [0, 0.05) is 77.8 Å². The highest BCUT2D eigenvalue weighted by atomic mass is 33.1. The summed E-state index contributed by atoms with van der Waals surface area (Å²) in [6.45, 7) is 3.10. The highest BCUT2D eigenvalue weighted by Crippen LogP contribution is 2.28. The van der Waals surface area contributed by atoms with Crippen molar-refractivity contribution in [1.29, 1.82) is 0 Å². The molecule has 86 heavy (non-hydrogen) atoms. The molecular formula is C54H58F10N12O8S2. The largest absolute Gasteiger partial charge is 0.368 e. The van der Waals surface area contributed by atoms with E-state index in [9.17, 15) is 82.3 Å². The average molecular weight is 1260 g/mol. The van der Waals surface area contributed by atoms with Crippen molar-refractivity contribution in [3.8, 4) is 0 Å². The number of halogens is 10. The van der Waals surface area contributed by atoms with Crippen LogP contribution in [0.5, 0.6) is 0 Å². The molecule has 1 aliphatic heterocycles. The number of carbonyl (C=O) groups is 8. The molecule has 6 rings (SSSR count). The van der Waals surface area contributed by atoms with E-state index in [0.717, 1.165) is 0 Å². The van der Waals surface area contributed by atoms with Crippen molar-refractivity contribution in [2.75, 3.05) is 18.1 Å². The lowest BCUT2D eigenvalue weighted by Crippen LogP contribution is -2.61. The number of aromatic nitrogens is 2. The summed E-state index contributed by atoms with van der Waals surface area (Å²) in [5, 5.41) is 17.6. The second kappa shape index (κ2) is 30.4. The Bertz CT molecular complexity index is 3300. The Morgan fingerprint density at radius 2 is 1.20 bits per heavy atom. The van der Waals surface area contributed by atoms with Gasteiger partial charge in [0.2, 0.25) is 58.9 Å². The molecular weight excluding hydrogens is 1200 g/mol. The lowest BCUT2D eigenvalue weighted by molar-refractivity contribution is -0.136. The number of rotatable bonds is 18. The molecule has 8 amide bonds. The Kier molecular flexibility index (Phi) is 23.7. The third kappa shape index (κ3) is 16.7. The third-order valence-corrected chi connectivity index (χ3v) is 16.0. The molecule has 32 heteroatoms. The van der Waals surface area contributed by atoms with Crippen molar-refractivity contribution >= 4 is 79.7 Å². The van der Waals surface area contributed by atoms with Crippen LogP contribution in [0.25, 0.3) is 10.9 Å². The van der Waals surface area contributed by atoms with Gasteiger partial charge in [0.15, 0.2) is 46.5 Å². The maximum absolute atomic E-state index is 14.9. The molecule has 8 atom stereocenters. The lowest BCUT2D eigenvalue weighted by Gasteiger charge is -2.29. The van der Waals surface area contributed by atoms with Crippen molar-refractivity contribution in [2.24, 2.45) is 23.1 Å². The number of hydrogen-bond donors (Lipinski definition) is 11. The molecule has 1 fully saturated rings. The summed E-state index contributed by atoms with van der Waals surface area (Å²) in [5.41, 5.74) is 15.6. The number of aromatic amines is 1. The summed E-state index contributed by atoms with van der Waals surface area (Å²) in [4.78, 5) is 121. The number of para-hydroxylation sites is 1. The van der Waals surface area contributed by atoms with Crippen LogP contribution in [0, 0.1) is 64.1 Å². The van der Waals surface area contributed by atoms with Crippen LogP contribution in [-0.4, -0.2) is 124 Å². The van der Waals surface area contributed by atoms with Crippen LogP contribution in [0.15, 0.2) is 55.0 Å². The topological polar surface area (TPSA) is 328 Å². The van der Waals surface area contributed by atoms with Gasteiger partial charge in [0.1, 0.15) is 42.3 Å². The van der Waals surface area contributed by atoms with Crippen LogP contribution in [0.3, 0.4) is 0 Å². The molecule has 0 spiro atoms. The maximum atomic E-state index is 14.9. The van der Waals surface area contributed by atoms with E-state index in [0.29, 0.717) is 50.0 Å². The van der Waals surface area contributed by atoms with Gasteiger partial charge in [-0.3, -0.25) is 43.3 Å². The smallest absolute Gasteiger partial charge is 0.244 e. The zero-order chi connectivity index (χ0) is 63.3. The molecule has 20 nitrogen and oxygen atoms in total. The number of carbonyl (C=O) groups excluding carboxylic acids is 8. The summed E-state index contributed by atoms with van der Waals surface area (Å²) >= 11 is 0. The quantitative estimate of drug-likeness (QED) is 0.0198. The Morgan fingerprint density at radius 3 is 1.78 bits per heavy atom. The number of nitrogens with two attached hydrogens (primary N) is 3. The third-order valence-electron chi connectivity index (χ3n) is 13.6. The monoisotopic (exact) mass is 1260 g/mol. The molecule has 4 unspecified atom stereocenters. The van der Waals surface area contributed by atoms with E-state index in [1.165, 1.54) is 38.4 Å². The first-order valence-corrected chi connectivity index (χ1v) is 28.8. The molecule has 0 bridgehead atoms. The van der Waals surface area contributed by atoms with Gasteiger partial charge < -0.3 is 59.4 Å². The number of pyridine rings is 1. The molecule has 3 aromatic carbocycles. The van der Waals surface area contributed by atoms with E-state index in [4.69, 9.17) is 17.2 Å². The molecule has 0 radical (unpaired) electrons. The fraction of sp³-hybridized carbons (Fsp3) is 0.389. The van der Waals surface area contributed by atoms with E-state index in [1.807, 2.05) is 5.32 Å². The van der Waals surface area contributed by atoms with Gasteiger partial charge in [-0.05, 0) is 55.0 Å². The van der Waals surface area contributed by atoms with E-state index in [1.54, 1.807) is 30.5 Å². The number of unbranched alkanes of at least 4 members (excludes halogenated alkanes) is 1. The normalized spacial score (nSPS) is 20.2. The van der Waals surface area contributed by atoms with Crippen molar-refractivity contribution in [3.63, 3.8) is 0 Å². The Hall–Kier alpha value is -7.97. The van der Waals surface area contributed by atoms with Gasteiger partial charge >= 0.3 is 0 Å². The molecule has 1 saturated heterocycles. The average Bonchev–Trinajstić information content (AvgIpc) is 3.47. The van der Waals surface area contributed by atoms with Crippen molar-refractivity contribution in [2.45, 2.75) is 107 Å². The molecule has 5 aromatic rings. The molecule has 464 valence electrons. The predicted octanol–water partition coefficient (Wildman–Crippen LogP) is 2.61. The van der Waals surface area contributed by atoms with E-state index in [2.05, 4.69) is 41.9 Å². The second-order valence-electron chi connectivity index (χ2n) is 20.1. The first kappa shape index (κ1) is 67.2. The number of amides is 8. The molecule has 1 aliphatic rings. The number of nitrogens with zero attached hydrogens (tertiary/aromatic N) is 1. The van der Waals surface area contributed by atoms with Gasteiger partial charge in [0.05, 0.1) is 6.04 Å². The number of primary amides is 1. The van der Waals surface area contributed by atoms with Crippen LogP contribution in [0.1, 0.15) is 55.4 Å². The Balaban J connectivity index is 1.43. The number of nitrogens with one attached hydrogen (secondary N) is 8. The van der Waals surface area contributed by atoms with Crippen molar-refractivity contribution < 1.29 is 82.3 Å². The highest BCUT2D eigenvalue weighted by Gasteiger charge is 2.38. The lowest BCUT2D eigenvalue weighted by atomic mass is 10.00. The maximum Gasteiger partial charge on any atom is 0.244 e. The van der Waals surface area contributed by atoms with Gasteiger partial charge in [-0.2, -0.15) is 0 Å². The van der Waals surface area contributed by atoms with Crippen LogP contribution in [0.2, 0.25) is 0 Å². The van der Waals surface area contributed by atoms with Crippen LogP contribution < -0.4 is 54.4 Å².